The molecule has 0 heterocycles. The molecule has 2 N–H and O–H groups in total. The van der Waals surface area contributed by atoms with Gasteiger partial charge in [0.1, 0.15) is 0 Å². The van der Waals surface area contributed by atoms with Crippen molar-refractivity contribution in [2.24, 2.45) is 17.1 Å². The largest absolute Gasteiger partial charge is 0.341 e. The Labute approximate surface area is 99.4 Å². The lowest BCUT2D eigenvalue weighted by Gasteiger charge is -2.32. The molecule has 0 saturated heterocycles. The lowest BCUT2D eigenvalue weighted by atomic mass is 9.86. The predicted molar refractivity (Wildman–Crippen MR) is 67.0 cm³/mol. The summed E-state index contributed by atoms with van der Waals surface area (Å²) in [5.41, 5.74) is 5.88. The van der Waals surface area contributed by atoms with E-state index >= 15 is 0 Å². The van der Waals surface area contributed by atoms with Crippen molar-refractivity contribution in [1.29, 1.82) is 0 Å². The summed E-state index contributed by atoms with van der Waals surface area (Å²) in [5, 5.41) is 0. The molecule has 1 fully saturated rings. The zero-order chi connectivity index (χ0) is 12.3. The van der Waals surface area contributed by atoms with Crippen molar-refractivity contribution in [3.63, 3.8) is 0 Å². The first-order valence-corrected chi connectivity index (χ1v) is 6.40. The maximum Gasteiger partial charge on any atom is 0.240 e. The number of nitrogens with zero attached hydrogens (tertiary/aromatic N) is 1. The molecule has 3 heteroatoms. The lowest BCUT2D eigenvalue weighted by molar-refractivity contribution is -0.135. The average molecular weight is 226 g/mol. The maximum atomic E-state index is 12.2. The molecule has 1 atom stereocenters. The van der Waals surface area contributed by atoms with Crippen molar-refractivity contribution in [3.05, 3.63) is 0 Å². The molecule has 0 aromatic heterocycles. The number of amides is 1. The number of hydrogen-bond donors (Lipinski definition) is 1. The van der Waals surface area contributed by atoms with E-state index in [0.29, 0.717) is 0 Å². The van der Waals surface area contributed by atoms with Crippen LogP contribution in [0.3, 0.4) is 0 Å². The first kappa shape index (κ1) is 13.5. The molecule has 0 bridgehead atoms. The van der Waals surface area contributed by atoms with Crippen LogP contribution >= 0.6 is 0 Å². The van der Waals surface area contributed by atoms with E-state index in [1.807, 2.05) is 25.7 Å². The lowest BCUT2D eigenvalue weighted by Crippen LogP contribution is -2.51. The van der Waals surface area contributed by atoms with Gasteiger partial charge in [0.2, 0.25) is 5.91 Å². The fourth-order valence-electron chi connectivity index (χ4n) is 1.74. The van der Waals surface area contributed by atoms with Crippen LogP contribution in [-0.2, 0) is 4.79 Å². The highest BCUT2D eigenvalue weighted by Gasteiger charge is 2.33. The first-order valence-electron chi connectivity index (χ1n) is 6.40. The van der Waals surface area contributed by atoms with E-state index in [0.717, 1.165) is 25.4 Å². The van der Waals surface area contributed by atoms with Crippen molar-refractivity contribution < 1.29 is 4.79 Å². The Hall–Kier alpha value is -0.570. The zero-order valence-electron chi connectivity index (χ0n) is 11.1. The summed E-state index contributed by atoms with van der Waals surface area (Å²) in [7, 11) is 0. The van der Waals surface area contributed by atoms with Gasteiger partial charge >= 0.3 is 0 Å². The van der Waals surface area contributed by atoms with Gasteiger partial charge in [-0.1, -0.05) is 27.7 Å². The molecule has 1 aliphatic rings. The highest BCUT2D eigenvalue weighted by Crippen LogP contribution is 2.30. The summed E-state index contributed by atoms with van der Waals surface area (Å²) >= 11 is 0. The fraction of sp³-hybridized carbons (Fsp3) is 0.923. The highest BCUT2D eigenvalue weighted by atomic mass is 16.2. The van der Waals surface area contributed by atoms with Gasteiger partial charge in [-0.05, 0) is 30.6 Å². The summed E-state index contributed by atoms with van der Waals surface area (Å²) in [6.45, 7) is 9.94. The van der Waals surface area contributed by atoms with Crippen LogP contribution in [0.4, 0.5) is 0 Å². The van der Waals surface area contributed by atoms with Gasteiger partial charge in [0.15, 0.2) is 0 Å². The average Bonchev–Trinajstić information content (AvgIpc) is 2.97. The zero-order valence-corrected chi connectivity index (χ0v) is 11.1. The molecule has 1 rings (SSSR count). The van der Waals surface area contributed by atoms with E-state index in [2.05, 4.69) is 6.92 Å². The second kappa shape index (κ2) is 5.17. The monoisotopic (exact) mass is 226 g/mol. The van der Waals surface area contributed by atoms with Crippen LogP contribution in [0, 0.1) is 11.3 Å². The minimum atomic E-state index is -0.377. The Bertz CT molecular complexity index is 241. The normalized spacial score (nSPS) is 18.3. The second-order valence-electron chi connectivity index (χ2n) is 6.07. The van der Waals surface area contributed by atoms with Crippen molar-refractivity contribution in [1.82, 2.24) is 4.90 Å². The maximum absolute atomic E-state index is 12.2. The summed E-state index contributed by atoms with van der Waals surface area (Å²) < 4.78 is 0. The SMILES string of the molecule is CCCN(CC1CC1)C(=O)C(N)C(C)(C)C. The molecular formula is C13H26N2O. The second-order valence-corrected chi connectivity index (χ2v) is 6.07. The van der Waals surface area contributed by atoms with Gasteiger partial charge in [-0.15, -0.1) is 0 Å². The quantitative estimate of drug-likeness (QED) is 0.779. The topological polar surface area (TPSA) is 46.3 Å². The Kier molecular flexibility index (Phi) is 4.36. The summed E-state index contributed by atoms with van der Waals surface area (Å²) in [6.07, 6.45) is 3.56. The van der Waals surface area contributed by atoms with E-state index in [-0.39, 0.29) is 17.4 Å². The van der Waals surface area contributed by atoms with Crippen LogP contribution in [-0.4, -0.2) is 29.9 Å². The molecule has 0 aromatic carbocycles. The van der Waals surface area contributed by atoms with Gasteiger partial charge in [-0.2, -0.15) is 0 Å². The van der Waals surface area contributed by atoms with Gasteiger partial charge in [0, 0.05) is 13.1 Å². The fourth-order valence-corrected chi connectivity index (χ4v) is 1.74. The van der Waals surface area contributed by atoms with E-state index < -0.39 is 0 Å². The number of rotatable bonds is 5. The van der Waals surface area contributed by atoms with Crippen LogP contribution in [0.15, 0.2) is 0 Å². The van der Waals surface area contributed by atoms with Gasteiger partial charge in [-0.25, -0.2) is 0 Å². The molecule has 0 radical (unpaired) electrons. The molecule has 1 amide bonds. The third-order valence-corrected chi connectivity index (χ3v) is 3.18. The Morgan fingerprint density at radius 1 is 1.44 bits per heavy atom. The van der Waals surface area contributed by atoms with Crippen LogP contribution in [0.25, 0.3) is 0 Å². The molecule has 16 heavy (non-hydrogen) atoms. The molecule has 3 nitrogen and oxygen atoms in total. The van der Waals surface area contributed by atoms with Crippen molar-refractivity contribution in [3.8, 4) is 0 Å². The highest BCUT2D eigenvalue weighted by molar-refractivity contribution is 5.82. The molecule has 0 aromatic rings. The Balaban J connectivity index is 2.57. The van der Waals surface area contributed by atoms with Gasteiger partial charge in [0.05, 0.1) is 6.04 Å². The van der Waals surface area contributed by atoms with Crippen LogP contribution < -0.4 is 5.73 Å². The summed E-state index contributed by atoms with van der Waals surface area (Å²) in [5.74, 6) is 0.865. The number of carbonyl (C=O) groups is 1. The van der Waals surface area contributed by atoms with Crippen LogP contribution in [0.2, 0.25) is 0 Å². The molecule has 1 unspecified atom stereocenters. The number of hydrogen-bond acceptors (Lipinski definition) is 2. The smallest absolute Gasteiger partial charge is 0.240 e. The standard InChI is InChI=1S/C13H26N2O/c1-5-8-15(9-10-6-7-10)12(16)11(14)13(2,3)4/h10-11H,5-9,14H2,1-4H3. The minimum Gasteiger partial charge on any atom is -0.341 e. The number of carbonyl (C=O) groups excluding carboxylic acids is 1. The predicted octanol–water partition coefficient (Wildman–Crippen LogP) is 2.01. The Morgan fingerprint density at radius 3 is 2.38 bits per heavy atom. The molecule has 94 valence electrons. The third-order valence-electron chi connectivity index (χ3n) is 3.18. The summed E-state index contributed by atoms with van der Waals surface area (Å²) in [4.78, 5) is 14.2. The first-order chi connectivity index (χ1) is 7.36. The summed E-state index contributed by atoms with van der Waals surface area (Å²) in [6, 6.07) is -0.377. The Morgan fingerprint density at radius 2 is 2.00 bits per heavy atom. The van der Waals surface area contributed by atoms with Gasteiger partial charge in [-0.3, -0.25) is 4.79 Å². The molecule has 0 spiro atoms. The van der Waals surface area contributed by atoms with Crippen LogP contribution in [0.1, 0.15) is 47.0 Å². The van der Waals surface area contributed by atoms with Crippen molar-refractivity contribution in [2.45, 2.75) is 53.0 Å². The van der Waals surface area contributed by atoms with Gasteiger partial charge < -0.3 is 10.6 Å². The van der Waals surface area contributed by atoms with E-state index in [4.69, 9.17) is 5.73 Å². The molecule has 1 aliphatic carbocycles. The van der Waals surface area contributed by atoms with E-state index in [1.54, 1.807) is 0 Å². The number of nitrogens with two attached hydrogens (primary N) is 1. The van der Waals surface area contributed by atoms with Crippen molar-refractivity contribution >= 4 is 5.91 Å². The third kappa shape index (κ3) is 3.78. The van der Waals surface area contributed by atoms with Crippen molar-refractivity contribution in [2.75, 3.05) is 13.1 Å². The minimum absolute atomic E-state index is 0.126. The van der Waals surface area contributed by atoms with Gasteiger partial charge in [0.25, 0.3) is 0 Å². The molecular weight excluding hydrogens is 200 g/mol. The molecule has 0 aliphatic heterocycles. The van der Waals surface area contributed by atoms with E-state index in [9.17, 15) is 4.79 Å². The van der Waals surface area contributed by atoms with E-state index in [1.165, 1.54) is 12.8 Å². The van der Waals surface area contributed by atoms with Crippen LogP contribution in [0.5, 0.6) is 0 Å². The molecule has 1 saturated carbocycles.